The van der Waals surface area contributed by atoms with Gasteiger partial charge in [-0.2, -0.15) is 0 Å². The number of pyridine rings is 1. The fourth-order valence-corrected chi connectivity index (χ4v) is 2.56. The summed E-state index contributed by atoms with van der Waals surface area (Å²) in [6, 6.07) is 3.54. The molecule has 0 spiro atoms. The van der Waals surface area contributed by atoms with Crippen molar-refractivity contribution >= 4 is 17.4 Å². The molecule has 2 rings (SSSR count). The highest BCUT2D eigenvalue weighted by Gasteiger charge is 2.22. The van der Waals surface area contributed by atoms with Crippen molar-refractivity contribution < 1.29 is 4.79 Å². The number of anilines is 2. The minimum absolute atomic E-state index is 0.145. The predicted molar refractivity (Wildman–Crippen MR) is 76.9 cm³/mol. The van der Waals surface area contributed by atoms with E-state index in [0.717, 1.165) is 25.2 Å². The first kappa shape index (κ1) is 13.8. The molecule has 2 N–H and O–H groups in total. The van der Waals surface area contributed by atoms with Gasteiger partial charge in [0, 0.05) is 20.0 Å². The summed E-state index contributed by atoms with van der Waals surface area (Å²) in [4.78, 5) is 20.2. The van der Waals surface area contributed by atoms with Crippen LogP contribution in [0.4, 0.5) is 11.5 Å². The third kappa shape index (κ3) is 3.67. The van der Waals surface area contributed by atoms with Gasteiger partial charge in [0.15, 0.2) is 0 Å². The Labute approximate surface area is 114 Å². The van der Waals surface area contributed by atoms with Crippen molar-refractivity contribution in [2.24, 2.45) is 5.92 Å². The number of piperidine rings is 1. The zero-order chi connectivity index (χ0) is 13.8. The van der Waals surface area contributed by atoms with E-state index in [-0.39, 0.29) is 5.91 Å². The van der Waals surface area contributed by atoms with E-state index in [4.69, 9.17) is 5.73 Å². The molecule has 0 aromatic carbocycles. The third-order valence-corrected chi connectivity index (χ3v) is 3.72. The smallest absolute Gasteiger partial charge is 0.227 e. The van der Waals surface area contributed by atoms with Crippen LogP contribution in [0, 0.1) is 5.92 Å². The number of carbonyl (C=O) groups excluding carboxylic acids is 1. The van der Waals surface area contributed by atoms with Crippen molar-refractivity contribution in [2.75, 3.05) is 37.8 Å². The molecule has 1 aliphatic heterocycles. The zero-order valence-electron chi connectivity index (χ0n) is 11.7. The summed E-state index contributed by atoms with van der Waals surface area (Å²) in [7, 11) is 3.91. The van der Waals surface area contributed by atoms with Crippen LogP contribution in [0.3, 0.4) is 0 Å². The lowest BCUT2D eigenvalue weighted by Gasteiger charge is -2.30. The maximum Gasteiger partial charge on any atom is 0.227 e. The van der Waals surface area contributed by atoms with Gasteiger partial charge in [0.2, 0.25) is 5.91 Å². The summed E-state index contributed by atoms with van der Waals surface area (Å²) in [6.45, 7) is 2.15. The van der Waals surface area contributed by atoms with Crippen molar-refractivity contribution in [1.29, 1.82) is 0 Å². The van der Waals surface area contributed by atoms with Crippen LogP contribution in [-0.4, -0.2) is 43.0 Å². The van der Waals surface area contributed by atoms with Crippen molar-refractivity contribution in [3.63, 3.8) is 0 Å². The van der Waals surface area contributed by atoms with Gasteiger partial charge in [0.05, 0.1) is 11.9 Å². The third-order valence-electron chi connectivity index (χ3n) is 3.72. The summed E-state index contributed by atoms with van der Waals surface area (Å²) in [5.74, 6) is 1.08. The first-order valence-electron chi connectivity index (χ1n) is 6.73. The highest BCUT2D eigenvalue weighted by atomic mass is 16.2. The van der Waals surface area contributed by atoms with Crippen molar-refractivity contribution in [3.05, 3.63) is 18.3 Å². The van der Waals surface area contributed by atoms with Gasteiger partial charge in [-0.3, -0.25) is 4.79 Å². The van der Waals surface area contributed by atoms with E-state index in [9.17, 15) is 4.79 Å². The molecule has 1 atom stereocenters. The molecular formula is C14H22N4O. The summed E-state index contributed by atoms with van der Waals surface area (Å²) in [6.07, 6.45) is 4.57. The van der Waals surface area contributed by atoms with Gasteiger partial charge in [0.25, 0.3) is 0 Å². The Morgan fingerprint density at radius 2 is 2.37 bits per heavy atom. The van der Waals surface area contributed by atoms with Crippen LogP contribution in [0.25, 0.3) is 0 Å². The molecule has 0 aliphatic carbocycles. The standard InChI is InChI=1S/C14H22N4O/c1-17-7-3-4-11(10-17)8-14(19)18(2)12-5-6-13(15)16-9-12/h5-6,9,11H,3-4,7-8,10H2,1-2H3,(H2,15,16). The Balaban J connectivity index is 1.93. The highest BCUT2D eigenvalue weighted by molar-refractivity contribution is 5.92. The van der Waals surface area contributed by atoms with Gasteiger partial charge in [-0.1, -0.05) is 0 Å². The predicted octanol–water partition coefficient (Wildman–Crippen LogP) is 1.36. The number of rotatable bonds is 3. The second kappa shape index (κ2) is 6.02. The van der Waals surface area contributed by atoms with Gasteiger partial charge in [0.1, 0.15) is 5.82 Å². The summed E-state index contributed by atoms with van der Waals surface area (Å²) < 4.78 is 0. The van der Waals surface area contributed by atoms with Gasteiger partial charge < -0.3 is 15.5 Å². The molecule has 1 saturated heterocycles. The summed E-state index contributed by atoms with van der Waals surface area (Å²) in [5.41, 5.74) is 6.34. The van der Waals surface area contributed by atoms with E-state index in [2.05, 4.69) is 16.9 Å². The average Bonchev–Trinajstić information content (AvgIpc) is 2.39. The first-order valence-corrected chi connectivity index (χ1v) is 6.73. The van der Waals surface area contributed by atoms with Crippen LogP contribution in [0.5, 0.6) is 0 Å². The molecule has 1 amide bonds. The number of nitrogens with zero attached hydrogens (tertiary/aromatic N) is 3. The molecular weight excluding hydrogens is 240 g/mol. The van der Waals surface area contributed by atoms with Gasteiger partial charge in [-0.05, 0) is 44.5 Å². The summed E-state index contributed by atoms with van der Waals surface area (Å²) in [5, 5.41) is 0. The van der Waals surface area contributed by atoms with E-state index in [1.165, 1.54) is 6.42 Å². The highest BCUT2D eigenvalue weighted by Crippen LogP contribution is 2.21. The molecule has 0 saturated carbocycles. The second-order valence-electron chi connectivity index (χ2n) is 5.37. The van der Waals surface area contributed by atoms with E-state index >= 15 is 0 Å². The van der Waals surface area contributed by atoms with Crippen LogP contribution in [0.15, 0.2) is 18.3 Å². The Morgan fingerprint density at radius 1 is 1.58 bits per heavy atom. The lowest BCUT2D eigenvalue weighted by Crippen LogP contribution is -2.36. The molecule has 1 unspecified atom stereocenters. The topological polar surface area (TPSA) is 62.5 Å². The molecule has 0 radical (unpaired) electrons. The quantitative estimate of drug-likeness (QED) is 0.893. The van der Waals surface area contributed by atoms with Crippen LogP contribution in [-0.2, 0) is 4.79 Å². The van der Waals surface area contributed by atoms with E-state index in [0.29, 0.717) is 18.2 Å². The van der Waals surface area contributed by atoms with Crippen molar-refractivity contribution in [1.82, 2.24) is 9.88 Å². The number of amides is 1. The minimum Gasteiger partial charge on any atom is -0.384 e. The molecule has 1 fully saturated rings. The Kier molecular flexibility index (Phi) is 4.37. The molecule has 19 heavy (non-hydrogen) atoms. The number of carbonyl (C=O) groups is 1. The number of hydrogen-bond acceptors (Lipinski definition) is 4. The van der Waals surface area contributed by atoms with Crippen molar-refractivity contribution in [3.8, 4) is 0 Å². The lowest BCUT2D eigenvalue weighted by atomic mass is 9.94. The largest absolute Gasteiger partial charge is 0.384 e. The molecule has 1 aromatic rings. The van der Waals surface area contributed by atoms with Gasteiger partial charge in [-0.15, -0.1) is 0 Å². The minimum atomic E-state index is 0.145. The van der Waals surface area contributed by atoms with Crippen LogP contribution in [0.2, 0.25) is 0 Å². The number of hydrogen-bond donors (Lipinski definition) is 1. The zero-order valence-corrected chi connectivity index (χ0v) is 11.7. The van der Waals surface area contributed by atoms with E-state index < -0.39 is 0 Å². The number of likely N-dealkylation sites (tertiary alicyclic amines) is 1. The normalized spacial score (nSPS) is 20.2. The molecule has 104 valence electrons. The Hall–Kier alpha value is -1.62. The molecule has 5 nitrogen and oxygen atoms in total. The molecule has 1 aromatic heterocycles. The van der Waals surface area contributed by atoms with Crippen LogP contribution >= 0.6 is 0 Å². The Bertz CT molecular complexity index is 432. The first-order chi connectivity index (χ1) is 9.06. The van der Waals surface area contributed by atoms with E-state index in [1.807, 2.05) is 6.07 Å². The van der Waals surface area contributed by atoms with Crippen LogP contribution in [0.1, 0.15) is 19.3 Å². The summed E-state index contributed by atoms with van der Waals surface area (Å²) >= 11 is 0. The molecule has 1 aliphatic rings. The fraction of sp³-hybridized carbons (Fsp3) is 0.571. The lowest BCUT2D eigenvalue weighted by molar-refractivity contribution is -0.119. The van der Waals surface area contributed by atoms with Gasteiger partial charge >= 0.3 is 0 Å². The number of aromatic nitrogens is 1. The number of nitrogens with two attached hydrogens (primary N) is 1. The van der Waals surface area contributed by atoms with Crippen LogP contribution < -0.4 is 10.6 Å². The van der Waals surface area contributed by atoms with Crippen molar-refractivity contribution in [2.45, 2.75) is 19.3 Å². The molecule has 0 bridgehead atoms. The van der Waals surface area contributed by atoms with E-state index in [1.54, 1.807) is 24.2 Å². The fourth-order valence-electron chi connectivity index (χ4n) is 2.56. The van der Waals surface area contributed by atoms with Gasteiger partial charge in [-0.25, -0.2) is 4.98 Å². The Morgan fingerprint density at radius 3 is 3.00 bits per heavy atom. The number of nitrogen functional groups attached to an aromatic ring is 1. The maximum absolute atomic E-state index is 12.3. The molecule has 5 heteroatoms. The molecule has 2 heterocycles. The SMILES string of the molecule is CN1CCCC(CC(=O)N(C)c2ccc(N)nc2)C1. The average molecular weight is 262 g/mol. The monoisotopic (exact) mass is 262 g/mol. The second-order valence-corrected chi connectivity index (χ2v) is 5.37. The maximum atomic E-state index is 12.3.